The van der Waals surface area contributed by atoms with Gasteiger partial charge in [-0.2, -0.15) is 0 Å². The monoisotopic (exact) mass is 425 g/mol. The number of aryl methyl sites for hydroxylation is 1. The molecule has 0 aliphatic heterocycles. The van der Waals surface area contributed by atoms with Crippen LogP contribution in [0.4, 0.5) is 5.69 Å². The van der Waals surface area contributed by atoms with E-state index in [0.29, 0.717) is 11.4 Å². The molecule has 0 atom stereocenters. The Hall–Kier alpha value is -3.39. The van der Waals surface area contributed by atoms with Crippen molar-refractivity contribution >= 4 is 21.6 Å². The van der Waals surface area contributed by atoms with Crippen molar-refractivity contribution in [3.8, 4) is 5.75 Å². The summed E-state index contributed by atoms with van der Waals surface area (Å²) in [6.07, 6.45) is 3.26. The van der Waals surface area contributed by atoms with Crippen molar-refractivity contribution in [3.05, 3.63) is 84.2 Å². The molecule has 0 saturated carbocycles. The van der Waals surface area contributed by atoms with Crippen LogP contribution in [0.25, 0.3) is 0 Å². The van der Waals surface area contributed by atoms with Crippen LogP contribution in [0.2, 0.25) is 0 Å². The molecule has 3 aromatic rings. The smallest absolute Gasteiger partial charge is 0.264 e. The molecule has 0 radical (unpaired) electrons. The van der Waals surface area contributed by atoms with Gasteiger partial charge in [0.25, 0.3) is 10.0 Å². The average Bonchev–Trinajstić information content (AvgIpc) is 2.77. The van der Waals surface area contributed by atoms with Crippen LogP contribution in [-0.4, -0.2) is 33.0 Å². The Labute approximate surface area is 176 Å². The van der Waals surface area contributed by atoms with E-state index < -0.39 is 15.9 Å². The van der Waals surface area contributed by atoms with Crippen molar-refractivity contribution in [1.29, 1.82) is 0 Å². The van der Waals surface area contributed by atoms with Gasteiger partial charge in [0.1, 0.15) is 12.3 Å². The Bertz CT molecular complexity index is 1100. The number of amides is 1. The summed E-state index contributed by atoms with van der Waals surface area (Å²) in [4.78, 5) is 16.7. The summed E-state index contributed by atoms with van der Waals surface area (Å²) in [7, 11) is -2.54. The predicted molar refractivity (Wildman–Crippen MR) is 115 cm³/mol. The lowest BCUT2D eigenvalue weighted by Gasteiger charge is -2.25. The normalized spacial score (nSPS) is 11.0. The van der Waals surface area contributed by atoms with E-state index in [1.54, 1.807) is 60.9 Å². The summed E-state index contributed by atoms with van der Waals surface area (Å²) in [5.74, 6) is -0.0801. The molecule has 3 rings (SSSR count). The summed E-state index contributed by atoms with van der Waals surface area (Å²) >= 11 is 0. The van der Waals surface area contributed by atoms with Crippen molar-refractivity contribution in [2.24, 2.45) is 0 Å². The number of carbonyl (C=O) groups excluding carboxylic acids is 1. The molecule has 1 N–H and O–H groups in total. The zero-order valence-corrected chi connectivity index (χ0v) is 17.6. The van der Waals surface area contributed by atoms with E-state index in [1.165, 1.54) is 19.2 Å². The molecule has 30 heavy (non-hydrogen) atoms. The van der Waals surface area contributed by atoms with E-state index in [-0.39, 0.29) is 18.0 Å². The van der Waals surface area contributed by atoms with Gasteiger partial charge in [-0.25, -0.2) is 8.42 Å². The second-order valence-corrected chi connectivity index (χ2v) is 8.49. The van der Waals surface area contributed by atoms with Crippen LogP contribution in [-0.2, 0) is 21.4 Å². The van der Waals surface area contributed by atoms with E-state index in [4.69, 9.17) is 4.74 Å². The van der Waals surface area contributed by atoms with Crippen LogP contribution in [0.3, 0.4) is 0 Å². The van der Waals surface area contributed by atoms with Gasteiger partial charge >= 0.3 is 0 Å². The fourth-order valence-corrected chi connectivity index (χ4v) is 4.29. The van der Waals surface area contributed by atoms with Crippen LogP contribution < -0.4 is 14.4 Å². The van der Waals surface area contributed by atoms with Gasteiger partial charge in [-0.15, -0.1) is 0 Å². The fourth-order valence-electron chi connectivity index (χ4n) is 2.86. The standard InChI is InChI=1S/C22H23N3O4S/c1-17-7-9-19(10-8-17)30(27,28)25(20-5-3-4-6-21(20)29-2)16-22(26)24-15-18-11-13-23-14-12-18/h3-14H,15-16H2,1-2H3,(H,24,26). The summed E-state index contributed by atoms with van der Waals surface area (Å²) in [6, 6.07) is 16.8. The number of para-hydroxylation sites is 2. The van der Waals surface area contributed by atoms with Crippen LogP contribution in [0, 0.1) is 6.92 Å². The van der Waals surface area contributed by atoms with Crippen molar-refractivity contribution < 1.29 is 17.9 Å². The third-order valence-electron chi connectivity index (χ3n) is 4.49. The lowest BCUT2D eigenvalue weighted by Crippen LogP contribution is -2.40. The molecule has 0 unspecified atom stereocenters. The van der Waals surface area contributed by atoms with Crippen molar-refractivity contribution in [1.82, 2.24) is 10.3 Å². The molecule has 1 aromatic heterocycles. The number of aromatic nitrogens is 1. The number of carbonyl (C=O) groups is 1. The van der Waals surface area contributed by atoms with Gasteiger partial charge in [0, 0.05) is 18.9 Å². The summed E-state index contributed by atoms with van der Waals surface area (Å²) in [6.45, 7) is 1.76. The molecule has 2 aromatic carbocycles. The number of benzene rings is 2. The molecule has 0 fully saturated rings. The first-order chi connectivity index (χ1) is 14.4. The molecule has 7 nitrogen and oxygen atoms in total. The quantitative estimate of drug-likeness (QED) is 0.600. The van der Waals surface area contributed by atoms with E-state index in [9.17, 15) is 13.2 Å². The molecule has 0 saturated heterocycles. The van der Waals surface area contributed by atoms with Gasteiger partial charge < -0.3 is 10.1 Å². The minimum absolute atomic E-state index is 0.0981. The van der Waals surface area contributed by atoms with Crippen molar-refractivity contribution in [3.63, 3.8) is 0 Å². The highest BCUT2D eigenvalue weighted by molar-refractivity contribution is 7.92. The molecule has 0 bridgehead atoms. The first-order valence-electron chi connectivity index (χ1n) is 9.30. The number of nitrogens with zero attached hydrogens (tertiary/aromatic N) is 2. The average molecular weight is 426 g/mol. The number of nitrogens with one attached hydrogen (secondary N) is 1. The number of anilines is 1. The number of rotatable bonds is 8. The Morgan fingerprint density at radius 3 is 2.37 bits per heavy atom. The van der Waals surface area contributed by atoms with E-state index in [0.717, 1.165) is 15.4 Å². The highest BCUT2D eigenvalue weighted by Gasteiger charge is 2.29. The highest BCUT2D eigenvalue weighted by atomic mass is 32.2. The zero-order chi connectivity index (χ0) is 21.6. The van der Waals surface area contributed by atoms with Crippen molar-refractivity contribution in [2.75, 3.05) is 18.0 Å². The zero-order valence-electron chi connectivity index (χ0n) is 16.8. The number of hydrogen-bond donors (Lipinski definition) is 1. The highest BCUT2D eigenvalue weighted by Crippen LogP contribution is 2.32. The molecule has 1 heterocycles. The summed E-state index contributed by atoms with van der Waals surface area (Å²) in [5.41, 5.74) is 2.09. The summed E-state index contributed by atoms with van der Waals surface area (Å²) in [5, 5.41) is 2.76. The molecule has 0 spiro atoms. The van der Waals surface area contributed by atoms with Gasteiger partial charge in [-0.1, -0.05) is 29.8 Å². The minimum atomic E-state index is -4.00. The Morgan fingerprint density at radius 1 is 1.03 bits per heavy atom. The Morgan fingerprint density at radius 2 is 1.70 bits per heavy atom. The van der Waals surface area contributed by atoms with Gasteiger partial charge in [0.05, 0.1) is 17.7 Å². The SMILES string of the molecule is COc1ccccc1N(CC(=O)NCc1ccncc1)S(=O)(=O)c1ccc(C)cc1. The number of ether oxygens (including phenoxy) is 1. The maximum atomic E-state index is 13.4. The number of hydrogen-bond acceptors (Lipinski definition) is 5. The maximum absolute atomic E-state index is 13.4. The number of sulfonamides is 1. The van der Waals surface area contributed by atoms with E-state index in [2.05, 4.69) is 10.3 Å². The van der Waals surface area contributed by atoms with Crippen LogP contribution in [0.5, 0.6) is 5.75 Å². The third kappa shape index (κ3) is 4.96. The Balaban J connectivity index is 1.91. The van der Waals surface area contributed by atoms with Crippen LogP contribution in [0.1, 0.15) is 11.1 Å². The summed E-state index contributed by atoms with van der Waals surface area (Å²) < 4.78 is 33.2. The lowest BCUT2D eigenvalue weighted by atomic mass is 10.2. The molecule has 0 aliphatic carbocycles. The molecule has 156 valence electrons. The second-order valence-electron chi connectivity index (χ2n) is 6.63. The number of methoxy groups -OCH3 is 1. The number of pyridine rings is 1. The maximum Gasteiger partial charge on any atom is 0.264 e. The predicted octanol–water partition coefficient (Wildman–Crippen LogP) is 2.91. The van der Waals surface area contributed by atoms with Gasteiger partial charge in [0.2, 0.25) is 5.91 Å². The molecular weight excluding hydrogens is 402 g/mol. The van der Waals surface area contributed by atoms with Gasteiger partial charge in [-0.3, -0.25) is 14.1 Å². The first-order valence-corrected chi connectivity index (χ1v) is 10.7. The topological polar surface area (TPSA) is 88.6 Å². The third-order valence-corrected chi connectivity index (χ3v) is 6.26. The second kappa shape index (κ2) is 9.41. The van der Waals surface area contributed by atoms with Crippen LogP contribution >= 0.6 is 0 Å². The molecule has 1 amide bonds. The fraction of sp³-hybridized carbons (Fsp3) is 0.182. The van der Waals surface area contributed by atoms with Crippen LogP contribution in [0.15, 0.2) is 78.0 Å². The van der Waals surface area contributed by atoms with E-state index in [1.807, 2.05) is 6.92 Å². The largest absolute Gasteiger partial charge is 0.495 e. The Kier molecular flexibility index (Phi) is 6.68. The first kappa shape index (κ1) is 21.3. The molecular formula is C22H23N3O4S. The van der Waals surface area contributed by atoms with Gasteiger partial charge in [-0.05, 0) is 48.9 Å². The lowest BCUT2D eigenvalue weighted by molar-refractivity contribution is -0.119. The minimum Gasteiger partial charge on any atom is -0.495 e. The van der Waals surface area contributed by atoms with Crippen molar-refractivity contribution in [2.45, 2.75) is 18.4 Å². The molecule has 8 heteroatoms. The van der Waals surface area contributed by atoms with Gasteiger partial charge in [0.15, 0.2) is 0 Å². The van der Waals surface area contributed by atoms with E-state index >= 15 is 0 Å². The molecule has 0 aliphatic rings.